The van der Waals surface area contributed by atoms with Gasteiger partial charge >= 0.3 is 0 Å². The maximum atomic E-state index is 13.6. The maximum Gasteiger partial charge on any atom is 0.137 e. The number of hydrogen-bond acceptors (Lipinski definition) is 1. The van der Waals surface area contributed by atoms with Crippen LogP contribution in [0.2, 0.25) is 0 Å². The fraction of sp³-hybridized carbons (Fsp3) is 0.625. The molecule has 19 heavy (non-hydrogen) atoms. The van der Waals surface area contributed by atoms with Gasteiger partial charge in [-0.3, -0.25) is 0 Å². The molecule has 1 rings (SSSR count). The highest BCUT2D eigenvalue weighted by atomic mass is 79.9. The van der Waals surface area contributed by atoms with Gasteiger partial charge in [-0.05, 0) is 65.2 Å². The second kappa shape index (κ2) is 8.01. The average Bonchev–Trinajstić information content (AvgIpc) is 2.43. The summed E-state index contributed by atoms with van der Waals surface area (Å²) in [6.45, 7) is 8.67. The molecule has 0 amide bonds. The van der Waals surface area contributed by atoms with Crippen molar-refractivity contribution in [2.24, 2.45) is 5.41 Å². The Bertz CT molecular complexity index is 388. The lowest BCUT2D eigenvalue weighted by Gasteiger charge is -2.32. The molecule has 0 radical (unpaired) electrons. The van der Waals surface area contributed by atoms with E-state index in [1.807, 2.05) is 6.07 Å². The molecule has 0 saturated heterocycles. The second-order valence-electron chi connectivity index (χ2n) is 5.27. The molecule has 0 aliphatic rings. The van der Waals surface area contributed by atoms with Crippen LogP contribution in [0.15, 0.2) is 22.7 Å². The van der Waals surface area contributed by atoms with E-state index in [0.717, 1.165) is 44.3 Å². The first-order valence-electron chi connectivity index (χ1n) is 7.22. The van der Waals surface area contributed by atoms with Crippen molar-refractivity contribution >= 4 is 15.9 Å². The number of hydrogen-bond donors (Lipinski definition) is 1. The topological polar surface area (TPSA) is 12.0 Å². The molecule has 0 spiro atoms. The van der Waals surface area contributed by atoms with E-state index in [1.54, 1.807) is 6.07 Å². The predicted octanol–water partition coefficient (Wildman–Crippen LogP) is 4.94. The predicted molar refractivity (Wildman–Crippen MR) is 84.0 cm³/mol. The lowest BCUT2D eigenvalue weighted by molar-refractivity contribution is 0.246. The van der Waals surface area contributed by atoms with Gasteiger partial charge in [0.1, 0.15) is 5.82 Å². The summed E-state index contributed by atoms with van der Waals surface area (Å²) in [4.78, 5) is 0. The molecule has 1 N–H and O–H groups in total. The zero-order valence-corrected chi connectivity index (χ0v) is 13.8. The first-order chi connectivity index (χ1) is 9.08. The summed E-state index contributed by atoms with van der Waals surface area (Å²) in [7, 11) is 0. The van der Waals surface area contributed by atoms with Gasteiger partial charge in [0, 0.05) is 6.54 Å². The Balaban J connectivity index is 2.85. The van der Waals surface area contributed by atoms with Crippen molar-refractivity contribution in [1.82, 2.24) is 5.32 Å². The minimum atomic E-state index is -0.167. The van der Waals surface area contributed by atoms with Gasteiger partial charge in [-0.1, -0.05) is 32.9 Å². The Morgan fingerprint density at radius 2 is 1.89 bits per heavy atom. The number of benzene rings is 1. The summed E-state index contributed by atoms with van der Waals surface area (Å²) in [6, 6.07) is 5.32. The van der Waals surface area contributed by atoms with Gasteiger partial charge < -0.3 is 5.32 Å². The highest BCUT2D eigenvalue weighted by molar-refractivity contribution is 9.10. The maximum absolute atomic E-state index is 13.6. The molecular formula is C16H25BrFN. The molecule has 0 aromatic heterocycles. The molecule has 0 aliphatic heterocycles. The minimum absolute atomic E-state index is 0.167. The van der Waals surface area contributed by atoms with Gasteiger partial charge in [0.15, 0.2) is 0 Å². The minimum Gasteiger partial charge on any atom is -0.316 e. The SMILES string of the molecule is CCCNCC(CC)(CC)Cc1cccc(F)c1Br. The van der Waals surface area contributed by atoms with Gasteiger partial charge in [-0.2, -0.15) is 0 Å². The van der Waals surface area contributed by atoms with Gasteiger partial charge in [-0.15, -0.1) is 0 Å². The third kappa shape index (κ3) is 4.57. The van der Waals surface area contributed by atoms with Crippen LogP contribution < -0.4 is 5.32 Å². The second-order valence-corrected chi connectivity index (χ2v) is 6.07. The standard InChI is InChI=1S/C16H25BrFN/c1-4-10-19-12-16(5-2,6-3)11-13-8-7-9-14(18)15(13)17/h7-9,19H,4-6,10-12H2,1-3H3. The van der Waals surface area contributed by atoms with Gasteiger partial charge in [0.05, 0.1) is 4.47 Å². The Morgan fingerprint density at radius 3 is 2.47 bits per heavy atom. The van der Waals surface area contributed by atoms with Crippen LogP contribution in [0.1, 0.15) is 45.6 Å². The molecule has 0 bridgehead atoms. The molecule has 1 aromatic rings. The van der Waals surface area contributed by atoms with Crippen molar-refractivity contribution in [3.8, 4) is 0 Å². The van der Waals surface area contributed by atoms with E-state index in [-0.39, 0.29) is 11.2 Å². The molecular weight excluding hydrogens is 305 g/mol. The Hall–Kier alpha value is -0.410. The molecule has 3 heteroatoms. The first-order valence-corrected chi connectivity index (χ1v) is 8.01. The lowest BCUT2D eigenvalue weighted by atomic mass is 9.77. The largest absolute Gasteiger partial charge is 0.316 e. The fourth-order valence-corrected chi connectivity index (χ4v) is 2.84. The van der Waals surface area contributed by atoms with E-state index in [2.05, 4.69) is 42.0 Å². The number of halogens is 2. The molecule has 1 aromatic carbocycles. The van der Waals surface area contributed by atoms with Crippen LogP contribution in [0.4, 0.5) is 4.39 Å². The van der Waals surface area contributed by atoms with Crippen LogP contribution in [-0.4, -0.2) is 13.1 Å². The van der Waals surface area contributed by atoms with Crippen molar-refractivity contribution in [3.05, 3.63) is 34.1 Å². The van der Waals surface area contributed by atoms with E-state index in [9.17, 15) is 4.39 Å². The molecule has 0 fully saturated rings. The summed E-state index contributed by atoms with van der Waals surface area (Å²) in [5.41, 5.74) is 1.29. The molecule has 0 unspecified atom stereocenters. The van der Waals surface area contributed by atoms with Crippen LogP contribution in [0.5, 0.6) is 0 Å². The van der Waals surface area contributed by atoms with Crippen LogP contribution in [0.3, 0.4) is 0 Å². The van der Waals surface area contributed by atoms with Gasteiger partial charge in [0.25, 0.3) is 0 Å². The summed E-state index contributed by atoms with van der Waals surface area (Å²) >= 11 is 3.38. The lowest BCUT2D eigenvalue weighted by Crippen LogP contribution is -2.35. The van der Waals surface area contributed by atoms with E-state index < -0.39 is 0 Å². The van der Waals surface area contributed by atoms with Crippen LogP contribution in [-0.2, 0) is 6.42 Å². The summed E-state index contributed by atoms with van der Waals surface area (Å²) in [6.07, 6.45) is 4.26. The first kappa shape index (κ1) is 16.6. The third-order valence-corrected chi connectivity index (χ3v) is 4.91. The van der Waals surface area contributed by atoms with Crippen molar-refractivity contribution in [3.63, 3.8) is 0 Å². The average molecular weight is 330 g/mol. The molecule has 108 valence electrons. The van der Waals surface area contributed by atoms with Crippen molar-refractivity contribution in [2.45, 2.75) is 46.5 Å². The van der Waals surface area contributed by atoms with Crippen molar-refractivity contribution in [1.29, 1.82) is 0 Å². The highest BCUT2D eigenvalue weighted by Gasteiger charge is 2.27. The zero-order valence-electron chi connectivity index (χ0n) is 12.2. The van der Waals surface area contributed by atoms with E-state index in [1.165, 1.54) is 6.07 Å². The smallest absolute Gasteiger partial charge is 0.137 e. The summed E-state index contributed by atoms with van der Waals surface area (Å²) in [5.74, 6) is -0.167. The number of rotatable bonds is 8. The normalized spacial score (nSPS) is 11.8. The van der Waals surface area contributed by atoms with Crippen LogP contribution in [0, 0.1) is 11.2 Å². The Kier molecular flexibility index (Phi) is 7.01. The highest BCUT2D eigenvalue weighted by Crippen LogP contribution is 2.33. The van der Waals surface area contributed by atoms with Crippen molar-refractivity contribution < 1.29 is 4.39 Å². The van der Waals surface area contributed by atoms with Crippen LogP contribution in [0.25, 0.3) is 0 Å². The molecule has 0 atom stereocenters. The zero-order chi connectivity index (χ0) is 14.3. The third-order valence-electron chi connectivity index (χ3n) is 4.02. The molecule has 0 heterocycles. The van der Waals surface area contributed by atoms with Gasteiger partial charge in [-0.25, -0.2) is 4.39 Å². The quantitative estimate of drug-likeness (QED) is 0.666. The summed E-state index contributed by atoms with van der Waals surface area (Å²) in [5, 5.41) is 3.52. The van der Waals surface area contributed by atoms with Crippen molar-refractivity contribution in [2.75, 3.05) is 13.1 Å². The number of nitrogens with one attached hydrogen (secondary N) is 1. The molecule has 0 saturated carbocycles. The monoisotopic (exact) mass is 329 g/mol. The van der Waals surface area contributed by atoms with E-state index >= 15 is 0 Å². The van der Waals surface area contributed by atoms with E-state index in [4.69, 9.17) is 0 Å². The van der Waals surface area contributed by atoms with Crippen LogP contribution >= 0.6 is 15.9 Å². The van der Waals surface area contributed by atoms with E-state index in [0.29, 0.717) is 4.47 Å². The van der Waals surface area contributed by atoms with Gasteiger partial charge in [0.2, 0.25) is 0 Å². The molecule has 1 nitrogen and oxygen atoms in total. The Labute approximate surface area is 125 Å². The fourth-order valence-electron chi connectivity index (χ4n) is 2.43. The summed E-state index contributed by atoms with van der Waals surface area (Å²) < 4.78 is 14.2. The molecule has 0 aliphatic carbocycles. The Morgan fingerprint density at radius 1 is 1.21 bits per heavy atom.